The van der Waals surface area contributed by atoms with Gasteiger partial charge in [-0.3, -0.25) is 4.79 Å². The maximum atomic E-state index is 11.2. The van der Waals surface area contributed by atoms with Crippen LogP contribution < -0.4 is 5.32 Å². The van der Waals surface area contributed by atoms with Crippen LogP contribution in [0.2, 0.25) is 0 Å². The van der Waals surface area contributed by atoms with Gasteiger partial charge >= 0.3 is 5.97 Å². The van der Waals surface area contributed by atoms with E-state index in [4.69, 9.17) is 0 Å². The fraction of sp³-hybridized carbons (Fsp3) is 0.667. The lowest BCUT2D eigenvalue weighted by Crippen LogP contribution is -2.42. The molecule has 1 aromatic rings. The molecule has 0 amide bonds. The van der Waals surface area contributed by atoms with Gasteiger partial charge in [0, 0.05) is 16.8 Å². The Kier molecular flexibility index (Phi) is 3.59. The van der Waals surface area contributed by atoms with Crippen molar-refractivity contribution < 1.29 is 9.90 Å². The van der Waals surface area contributed by atoms with E-state index in [1.807, 2.05) is 0 Å². The highest BCUT2D eigenvalue weighted by atomic mass is 16.4. The van der Waals surface area contributed by atoms with E-state index in [0.29, 0.717) is 0 Å². The summed E-state index contributed by atoms with van der Waals surface area (Å²) in [6, 6.07) is 0. The highest BCUT2D eigenvalue weighted by Crippen LogP contribution is 2.36. The zero-order valence-electron chi connectivity index (χ0n) is 11.7. The number of hydrogen-bond acceptors (Lipinski definition) is 4. The molecule has 2 N–H and O–H groups in total. The Hall–Kier alpha value is -1.65. The van der Waals surface area contributed by atoms with Gasteiger partial charge in [-0.2, -0.15) is 0 Å². The number of rotatable bonds is 4. The van der Waals surface area contributed by atoms with Crippen molar-refractivity contribution in [2.24, 2.45) is 0 Å². The van der Waals surface area contributed by atoms with E-state index in [-0.39, 0.29) is 12.0 Å². The standard InChI is InChI=1S/C15H21N3O2/c19-13(20)9-15(7-2-1-3-8-15)18-14-11-5-4-6-12(11)16-10-17-14/h10H,1-9H2,(H,19,20)(H,16,17,18). The van der Waals surface area contributed by atoms with Crippen molar-refractivity contribution in [2.75, 3.05) is 5.32 Å². The highest BCUT2D eigenvalue weighted by Gasteiger charge is 2.35. The lowest BCUT2D eigenvalue weighted by molar-refractivity contribution is -0.138. The topological polar surface area (TPSA) is 75.1 Å². The molecule has 1 saturated carbocycles. The molecule has 5 heteroatoms. The number of carboxylic acid groups (broad SMARTS) is 1. The molecule has 20 heavy (non-hydrogen) atoms. The first kappa shape index (κ1) is 13.3. The number of fused-ring (bicyclic) bond motifs is 1. The first-order chi connectivity index (χ1) is 9.69. The number of anilines is 1. The molecule has 0 aromatic carbocycles. The van der Waals surface area contributed by atoms with Gasteiger partial charge in [-0.25, -0.2) is 9.97 Å². The zero-order chi connectivity index (χ0) is 14.0. The van der Waals surface area contributed by atoms with Crippen molar-refractivity contribution in [3.8, 4) is 0 Å². The Bertz CT molecular complexity index is 510. The summed E-state index contributed by atoms with van der Waals surface area (Å²) in [5, 5.41) is 12.7. The molecule has 0 bridgehead atoms. The summed E-state index contributed by atoms with van der Waals surface area (Å²) in [6.45, 7) is 0. The number of hydrogen-bond donors (Lipinski definition) is 2. The number of nitrogens with one attached hydrogen (secondary N) is 1. The minimum absolute atomic E-state index is 0.172. The third-order valence-electron chi connectivity index (χ3n) is 4.56. The summed E-state index contributed by atoms with van der Waals surface area (Å²) in [5.74, 6) is 0.140. The van der Waals surface area contributed by atoms with Crippen LogP contribution in [0.1, 0.15) is 56.2 Å². The third-order valence-corrected chi connectivity index (χ3v) is 4.56. The smallest absolute Gasteiger partial charge is 0.305 e. The molecule has 2 aliphatic carbocycles. The Labute approximate surface area is 118 Å². The number of nitrogens with zero attached hydrogens (tertiary/aromatic N) is 2. The highest BCUT2D eigenvalue weighted by molar-refractivity contribution is 5.69. The van der Waals surface area contributed by atoms with Crippen molar-refractivity contribution in [1.29, 1.82) is 0 Å². The molecule has 0 unspecified atom stereocenters. The zero-order valence-corrected chi connectivity index (χ0v) is 11.7. The van der Waals surface area contributed by atoms with Gasteiger partial charge in [0.15, 0.2) is 0 Å². The van der Waals surface area contributed by atoms with Crippen molar-refractivity contribution in [1.82, 2.24) is 9.97 Å². The molecule has 5 nitrogen and oxygen atoms in total. The van der Waals surface area contributed by atoms with E-state index in [1.54, 1.807) is 6.33 Å². The van der Waals surface area contributed by atoms with E-state index in [9.17, 15) is 9.90 Å². The van der Waals surface area contributed by atoms with E-state index in [0.717, 1.165) is 56.5 Å². The molecular weight excluding hydrogens is 254 g/mol. The molecule has 0 aliphatic heterocycles. The summed E-state index contributed by atoms with van der Waals surface area (Å²) in [6.07, 6.45) is 10.1. The molecule has 3 rings (SSSR count). The van der Waals surface area contributed by atoms with Gasteiger partial charge in [0.2, 0.25) is 0 Å². The third kappa shape index (κ3) is 2.62. The van der Waals surface area contributed by atoms with E-state index in [1.165, 1.54) is 12.0 Å². The van der Waals surface area contributed by atoms with Gasteiger partial charge in [0.25, 0.3) is 0 Å². The molecule has 1 fully saturated rings. The first-order valence-corrected chi connectivity index (χ1v) is 7.51. The Balaban J connectivity index is 1.86. The normalized spacial score (nSPS) is 20.4. The maximum Gasteiger partial charge on any atom is 0.305 e. The fourth-order valence-corrected chi connectivity index (χ4v) is 3.58. The summed E-state index contributed by atoms with van der Waals surface area (Å²) in [7, 11) is 0. The molecule has 108 valence electrons. The summed E-state index contributed by atoms with van der Waals surface area (Å²) in [5.41, 5.74) is 2.00. The van der Waals surface area contributed by atoms with Crippen molar-refractivity contribution in [2.45, 2.75) is 63.3 Å². The average molecular weight is 275 g/mol. The van der Waals surface area contributed by atoms with Crippen LogP contribution in [0, 0.1) is 0 Å². The van der Waals surface area contributed by atoms with E-state index >= 15 is 0 Å². The van der Waals surface area contributed by atoms with Crippen molar-refractivity contribution >= 4 is 11.8 Å². The second-order valence-electron chi connectivity index (χ2n) is 6.04. The van der Waals surface area contributed by atoms with Gasteiger partial charge in [0.1, 0.15) is 12.1 Å². The van der Waals surface area contributed by atoms with E-state index < -0.39 is 5.97 Å². The molecule has 0 radical (unpaired) electrons. The van der Waals surface area contributed by atoms with Crippen LogP contribution in [-0.2, 0) is 17.6 Å². The van der Waals surface area contributed by atoms with E-state index in [2.05, 4.69) is 15.3 Å². The lowest BCUT2D eigenvalue weighted by atomic mass is 9.79. The van der Waals surface area contributed by atoms with Crippen LogP contribution in [0.4, 0.5) is 5.82 Å². The van der Waals surface area contributed by atoms with Gasteiger partial charge in [0.05, 0.1) is 6.42 Å². The molecule has 0 saturated heterocycles. The van der Waals surface area contributed by atoms with Crippen LogP contribution in [0.15, 0.2) is 6.33 Å². The van der Waals surface area contributed by atoms with Gasteiger partial charge < -0.3 is 10.4 Å². The number of aromatic nitrogens is 2. The molecule has 0 spiro atoms. The van der Waals surface area contributed by atoms with Crippen LogP contribution >= 0.6 is 0 Å². The molecular formula is C15H21N3O2. The summed E-state index contributed by atoms with van der Waals surface area (Å²) < 4.78 is 0. The van der Waals surface area contributed by atoms with Gasteiger partial charge in [-0.05, 0) is 32.1 Å². The Morgan fingerprint density at radius 2 is 2.00 bits per heavy atom. The average Bonchev–Trinajstić information content (AvgIpc) is 2.88. The monoisotopic (exact) mass is 275 g/mol. The van der Waals surface area contributed by atoms with Crippen LogP contribution in [-0.4, -0.2) is 26.6 Å². The molecule has 2 aliphatic rings. The summed E-state index contributed by atoms with van der Waals surface area (Å²) in [4.78, 5) is 19.9. The molecule has 0 atom stereocenters. The predicted octanol–water partition coefficient (Wildman–Crippen LogP) is 2.55. The second-order valence-corrected chi connectivity index (χ2v) is 6.04. The van der Waals surface area contributed by atoms with Crippen molar-refractivity contribution in [3.63, 3.8) is 0 Å². The largest absolute Gasteiger partial charge is 0.481 e. The Morgan fingerprint density at radius 1 is 1.20 bits per heavy atom. The second kappa shape index (κ2) is 5.38. The van der Waals surface area contributed by atoms with Crippen molar-refractivity contribution in [3.05, 3.63) is 17.6 Å². The number of carbonyl (C=O) groups is 1. The number of carboxylic acids is 1. The number of aryl methyl sites for hydroxylation is 1. The van der Waals surface area contributed by atoms with Crippen LogP contribution in [0.25, 0.3) is 0 Å². The summed E-state index contributed by atoms with van der Waals surface area (Å²) >= 11 is 0. The minimum Gasteiger partial charge on any atom is -0.481 e. The Morgan fingerprint density at radius 3 is 2.75 bits per heavy atom. The predicted molar refractivity (Wildman–Crippen MR) is 75.7 cm³/mol. The quantitative estimate of drug-likeness (QED) is 0.883. The van der Waals surface area contributed by atoms with Gasteiger partial charge in [-0.15, -0.1) is 0 Å². The lowest BCUT2D eigenvalue weighted by Gasteiger charge is -2.38. The van der Waals surface area contributed by atoms with Gasteiger partial charge in [-0.1, -0.05) is 19.3 Å². The number of aliphatic carboxylic acids is 1. The minimum atomic E-state index is -0.731. The first-order valence-electron chi connectivity index (χ1n) is 7.51. The molecule has 1 aromatic heterocycles. The fourth-order valence-electron chi connectivity index (χ4n) is 3.58. The maximum absolute atomic E-state index is 11.2. The van der Waals surface area contributed by atoms with Crippen LogP contribution in [0.3, 0.4) is 0 Å². The van der Waals surface area contributed by atoms with Crippen LogP contribution in [0.5, 0.6) is 0 Å². The molecule has 1 heterocycles. The SMILES string of the molecule is O=C(O)CC1(Nc2ncnc3c2CCC3)CCCCC1.